The van der Waals surface area contributed by atoms with Crippen LogP contribution in [-0.2, 0) is 4.79 Å². The van der Waals surface area contributed by atoms with Gasteiger partial charge >= 0.3 is 0 Å². The van der Waals surface area contributed by atoms with Crippen LogP contribution in [-0.4, -0.2) is 38.1 Å². The highest BCUT2D eigenvalue weighted by Gasteiger charge is 2.01. The molecule has 0 aromatic heterocycles. The molecule has 0 heterocycles. The molecule has 1 aromatic carbocycles. The SMILES string of the molecule is CCC[N+](C)(C)C.NC(=O)/C=C/c1ccccc1.[Cl-]. The van der Waals surface area contributed by atoms with Crippen LogP contribution in [0.2, 0.25) is 0 Å². The molecule has 0 unspecified atom stereocenters. The summed E-state index contributed by atoms with van der Waals surface area (Å²) in [5.74, 6) is -0.422. The monoisotopic (exact) mass is 284 g/mol. The third-order valence-corrected chi connectivity index (χ3v) is 2.13. The van der Waals surface area contributed by atoms with Gasteiger partial charge in [0.25, 0.3) is 0 Å². The van der Waals surface area contributed by atoms with E-state index in [-0.39, 0.29) is 12.4 Å². The van der Waals surface area contributed by atoms with Crippen LogP contribution in [0.4, 0.5) is 0 Å². The Balaban J connectivity index is 0. The van der Waals surface area contributed by atoms with Crippen molar-refractivity contribution < 1.29 is 21.7 Å². The number of carbonyl (C=O) groups excluding carboxylic acids is 1. The van der Waals surface area contributed by atoms with Crippen LogP contribution >= 0.6 is 0 Å². The van der Waals surface area contributed by atoms with Crippen molar-refractivity contribution in [2.75, 3.05) is 27.7 Å². The third kappa shape index (κ3) is 14.6. The largest absolute Gasteiger partial charge is 1.00 e. The third-order valence-electron chi connectivity index (χ3n) is 2.13. The van der Waals surface area contributed by atoms with Crippen molar-refractivity contribution in [3.05, 3.63) is 42.0 Å². The smallest absolute Gasteiger partial charge is 0.241 e. The number of hydrogen-bond donors (Lipinski definition) is 1. The Hall–Kier alpha value is -1.32. The lowest BCUT2D eigenvalue weighted by atomic mass is 10.2. The van der Waals surface area contributed by atoms with Gasteiger partial charge in [-0.2, -0.15) is 0 Å². The molecule has 0 fully saturated rings. The van der Waals surface area contributed by atoms with Crippen molar-refractivity contribution in [3.8, 4) is 0 Å². The molecule has 0 bridgehead atoms. The first-order chi connectivity index (χ1) is 8.35. The van der Waals surface area contributed by atoms with Crippen molar-refractivity contribution in [2.45, 2.75) is 13.3 Å². The molecule has 0 atom stereocenters. The van der Waals surface area contributed by atoms with Gasteiger partial charge in [0.2, 0.25) is 5.91 Å². The summed E-state index contributed by atoms with van der Waals surface area (Å²) in [6.45, 7) is 3.49. The molecule has 1 rings (SSSR count). The summed E-state index contributed by atoms with van der Waals surface area (Å²) in [6.07, 6.45) is 4.31. The number of nitrogens with two attached hydrogens (primary N) is 1. The van der Waals surface area contributed by atoms with Gasteiger partial charge in [-0.1, -0.05) is 37.3 Å². The second-order valence-corrected chi connectivity index (χ2v) is 5.16. The highest BCUT2D eigenvalue weighted by molar-refractivity contribution is 5.90. The van der Waals surface area contributed by atoms with Crippen molar-refractivity contribution in [1.29, 1.82) is 0 Å². The minimum atomic E-state index is -0.422. The van der Waals surface area contributed by atoms with Gasteiger partial charge in [0.05, 0.1) is 27.7 Å². The van der Waals surface area contributed by atoms with E-state index in [9.17, 15) is 4.79 Å². The predicted octanol–water partition coefficient (Wildman–Crippen LogP) is -0.708. The molecule has 0 aliphatic rings. The van der Waals surface area contributed by atoms with Gasteiger partial charge in [0, 0.05) is 6.08 Å². The molecule has 19 heavy (non-hydrogen) atoms. The van der Waals surface area contributed by atoms with E-state index in [4.69, 9.17) is 5.73 Å². The lowest BCUT2D eigenvalue weighted by Crippen LogP contribution is -3.00. The standard InChI is InChI=1S/C9H9NO.C6H16N.ClH/c10-9(11)7-6-8-4-2-1-3-5-8;1-5-6-7(2,3)4;/h1-7H,(H2,10,11);5-6H2,1-4H3;1H/q;+1;/p-1/b7-6+;;. The second-order valence-electron chi connectivity index (χ2n) is 5.16. The molecule has 0 saturated heterocycles. The second kappa shape index (κ2) is 10.6. The van der Waals surface area contributed by atoms with Crippen LogP contribution in [0, 0.1) is 0 Å². The Morgan fingerprint density at radius 1 is 1.21 bits per heavy atom. The highest BCUT2D eigenvalue weighted by Crippen LogP contribution is 1.99. The minimum absolute atomic E-state index is 0. The van der Waals surface area contributed by atoms with E-state index in [0.717, 1.165) is 10.0 Å². The maximum atomic E-state index is 10.3. The van der Waals surface area contributed by atoms with Gasteiger partial charge < -0.3 is 22.6 Å². The Labute approximate surface area is 123 Å². The minimum Gasteiger partial charge on any atom is -1.00 e. The molecule has 4 heteroatoms. The Morgan fingerprint density at radius 3 is 2.05 bits per heavy atom. The van der Waals surface area contributed by atoms with E-state index < -0.39 is 5.91 Å². The summed E-state index contributed by atoms with van der Waals surface area (Å²) in [4.78, 5) is 10.3. The van der Waals surface area contributed by atoms with E-state index in [1.54, 1.807) is 6.08 Å². The van der Waals surface area contributed by atoms with Crippen LogP contribution in [0.15, 0.2) is 36.4 Å². The van der Waals surface area contributed by atoms with Gasteiger partial charge in [-0.25, -0.2) is 0 Å². The van der Waals surface area contributed by atoms with Crippen molar-refractivity contribution in [3.63, 3.8) is 0 Å². The van der Waals surface area contributed by atoms with E-state index in [0.29, 0.717) is 0 Å². The zero-order valence-electron chi connectivity index (χ0n) is 12.3. The van der Waals surface area contributed by atoms with Crippen LogP contribution in [0.1, 0.15) is 18.9 Å². The van der Waals surface area contributed by atoms with Crippen LogP contribution in [0.25, 0.3) is 6.08 Å². The number of quaternary nitrogens is 1. The number of rotatable bonds is 4. The fraction of sp³-hybridized carbons (Fsp3) is 0.400. The van der Waals surface area contributed by atoms with Crippen molar-refractivity contribution >= 4 is 12.0 Å². The summed E-state index contributed by atoms with van der Waals surface area (Å²) < 4.78 is 1.09. The maximum absolute atomic E-state index is 10.3. The number of nitrogens with zero attached hydrogens (tertiary/aromatic N) is 1. The summed E-state index contributed by atoms with van der Waals surface area (Å²) >= 11 is 0. The zero-order valence-corrected chi connectivity index (χ0v) is 13.0. The molecule has 0 aliphatic carbocycles. The van der Waals surface area contributed by atoms with Gasteiger partial charge in [-0.3, -0.25) is 4.79 Å². The average molecular weight is 285 g/mol. The number of hydrogen-bond acceptors (Lipinski definition) is 1. The van der Waals surface area contributed by atoms with E-state index in [1.165, 1.54) is 19.0 Å². The Bertz CT molecular complexity index is 369. The topological polar surface area (TPSA) is 43.1 Å². The molecule has 0 aliphatic heterocycles. The lowest BCUT2D eigenvalue weighted by molar-refractivity contribution is -0.870. The summed E-state index contributed by atoms with van der Waals surface area (Å²) in [5, 5.41) is 0. The number of primary amides is 1. The summed E-state index contributed by atoms with van der Waals surface area (Å²) in [7, 11) is 6.64. The first kappa shape index (κ1) is 20.0. The number of benzene rings is 1. The fourth-order valence-corrected chi connectivity index (χ4v) is 1.41. The highest BCUT2D eigenvalue weighted by atomic mass is 35.5. The van der Waals surface area contributed by atoms with Gasteiger partial charge in [-0.05, 0) is 18.1 Å². The van der Waals surface area contributed by atoms with Crippen LogP contribution < -0.4 is 18.1 Å². The summed E-state index contributed by atoms with van der Waals surface area (Å²) in [5.41, 5.74) is 5.89. The molecule has 0 saturated carbocycles. The quantitative estimate of drug-likeness (QED) is 0.576. The van der Waals surface area contributed by atoms with Crippen LogP contribution in [0.5, 0.6) is 0 Å². The van der Waals surface area contributed by atoms with Gasteiger partial charge in [0.15, 0.2) is 0 Å². The molecule has 2 N–H and O–H groups in total. The Morgan fingerprint density at radius 2 is 1.74 bits per heavy atom. The lowest BCUT2D eigenvalue weighted by Gasteiger charge is -2.22. The molecule has 0 spiro atoms. The number of halogens is 1. The summed E-state index contributed by atoms with van der Waals surface area (Å²) in [6, 6.07) is 9.53. The molecule has 108 valence electrons. The first-order valence-electron chi connectivity index (χ1n) is 6.18. The first-order valence-corrected chi connectivity index (χ1v) is 6.18. The predicted molar refractivity (Wildman–Crippen MR) is 77.9 cm³/mol. The molecule has 1 aromatic rings. The van der Waals surface area contributed by atoms with Crippen molar-refractivity contribution in [1.82, 2.24) is 0 Å². The normalized spacial score (nSPS) is 10.3. The van der Waals surface area contributed by atoms with Gasteiger partial charge in [0.1, 0.15) is 0 Å². The molecule has 3 nitrogen and oxygen atoms in total. The molecular weight excluding hydrogens is 260 g/mol. The molecule has 0 radical (unpaired) electrons. The maximum Gasteiger partial charge on any atom is 0.241 e. The number of amides is 1. The van der Waals surface area contributed by atoms with Crippen molar-refractivity contribution in [2.24, 2.45) is 5.73 Å². The zero-order chi connectivity index (χ0) is 14.0. The van der Waals surface area contributed by atoms with Crippen LogP contribution in [0.3, 0.4) is 0 Å². The van der Waals surface area contributed by atoms with E-state index in [2.05, 4.69) is 28.1 Å². The van der Waals surface area contributed by atoms with E-state index >= 15 is 0 Å². The molecular formula is C15H25ClN2O. The van der Waals surface area contributed by atoms with Gasteiger partial charge in [-0.15, -0.1) is 0 Å². The number of carbonyl (C=O) groups is 1. The van der Waals surface area contributed by atoms with E-state index in [1.807, 2.05) is 30.3 Å². The molecule has 1 amide bonds. The fourth-order valence-electron chi connectivity index (χ4n) is 1.41. The Kier molecular flexibility index (Phi) is 11.1. The average Bonchev–Trinajstić information content (AvgIpc) is 2.27.